The molecule has 7 heteroatoms. The van der Waals surface area contributed by atoms with Crippen molar-refractivity contribution >= 4 is 11.7 Å². The van der Waals surface area contributed by atoms with Gasteiger partial charge in [-0.3, -0.25) is 0 Å². The maximum Gasteiger partial charge on any atom is 0.319 e. The first-order valence-corrected chi connectivity index (χ1v) is 7.31. The van der Waals surface area contributed by atoms with Gasteiger partial charge in [-0.1, -0.05) is 0 Å². The average molecular weight is 336 g/mol. The molecular weight excluding hydrogens is 318 g/mol. The number of aliphatic hydroxyl groups excluding tert-OH is 1. The van der Waals surface area contributed by atoms with Gasteiger partial charge in [0.25, 0.3) is 0 Å². The lowest BCUT2D eigenvalue weighted by Crippen LogP contribution is -2.37. The van der Waals surface area contributed by atoms with E-state index in [1.165, 1.54) is 42.5 Å². The van der Waals surface area contributed by atoms with Crippen LogP contribution in [0.3, 0.4) is 0 Å². The lowest BCUT2D eigenvalue weighted by molar-refractivity contribution is 0.108. The van der Waals surface area contributed by atoms with Gasteiger partial charge in [-0.2, -0.15) is 0 Å². The zero-order chi connectivity index (χ0) is 17.5. The van der Waals surface area contributed by atoms with Crippen LogP contribution in [0.1, 0.15) is 5.56 Å². The van der Waals surface area contributed by atoms with Crippen LogP contribution in [-0.4, -0.2) is 30.4 Å². The molecule has 0 aliphatic rings. The van der Waals surface area contributed by atoms with Crippen LogP contribution in [0, 0.1) is 18.6 Å². The van der Waals surface area contributed by atoms with E-state index in [0.717, 1.165) is 0 Å². The number of carbonyl (C=O) groups is 1. The van der Waals surface area contributed by atoms with E-state index in [9.17, 15) is 18.7 Å². The summed E-state index contributed by atoms with van der Waals surface area (Å²) in [5, 5.41) is 14.8. The summed E-state index contributed by atoms with van der Waals surface area (Å²) in [6.45, 7) is 1.58. The molecule has 24 heavy (non-hydrogen) atoms. The van der Waals surface area contributed by atoms with Crippen LogP contribution in [0.5, 0.6) is 5.75 Å². The molecule has 3 N–H and O–H groups in total. The summed E-state index contributed by atoms with van der Waals surface area (Å²) < 4.78 is 31.0. The fraction of sp³-hybridized carbons (Fsp3) is 0.235. The molecule has 128 valence electrons. The van der Waals surface area contributed by atoms with Crippen molar-refractivity contribution in [2.24, 2.45) is 0 Å². The van der Waals surface area contributed by atoms with Crippen molar-refractivity contribution in [3.05, 3.63) is 59.7 Å². The van der Waals surface area contributed by atoms with Crippen LogP contribution >= 0.6 is 0 Å². The normalized spacial score (nSPS) is 11.7. The highest BCUT2D eigenvalue weighted by molar-refractivity contribution is 5.90. The van der Waals surface area contributed by atoms with Crippen LogP contribution in [0.2, 0.25) is 0 Å². The summed E-state index contributed by atoms with van der Waals surface area (Å²) in [5.41, 5.74) is 1.07. The molecule has 2 amide bonds. The summed E-state index contributed by atoms with van der Waals surface area (Å²) in [6, 6.07) is 8.87. The first kappa shape index (κ1) is 17.7. The highest BCUT2D eigenvalue weighted by Crippen LogP contribution is 2.15. The Morgan fingerprint density at radius 2 is 1.83 bits per heavy atom. The van der Waals surface area contributed by atoms with Gasteiger partial charge in [0.05, 0.1) is 0 Å². The number of benzene rings is 2. The summed E-state index contributed by atoms with van der Waals surface area (Å²) in [7, 11) is 0. The quantitative estimate of drug-likeness (QED) is 0.760. The van der Waals surface area contributed by atoms with Crippen LogP contribution in [0.4, 0.5) is 19.3 Å². The van der Waals surface area contributed by atoms with E-state index in [1.807, 2.05) is 0 Å². The average Bonchev–Trinajstić information content (AvgIpc) is 2.55. The molecule has 0 aromatic heterocycles. The number of hydrogen-bond acceptors (Lipinski definition) is 3. The van der Waals surface area contributed by atoms with E-state index in [0.29, 0.717) is 17.0 Å². The number of rotatable bonds is 6. The zero-order valence-electron chi connectivity index (χ0n) is 13.1. The molecule has 0 aliphatic heterocycles. The third kappa shape index (κ3) is 5.51. The number of hydrogen-bond donors (Lipinski definition) is 3. The largest absolute Gasteiger partial charge is 0.491 e. The summed E-state index contributed by atoms with van der Waals surface area (Å²) in [4.78, 5) is 11.8. The number of urea groups is 1. The van der Waals surface area contributed by atoms with E-state index >= 15 is 0 Å². The minimum atomic E-state index is -0.935. The highest BCUT2D eigenvalue weighted by atomic mass is 19.1. The molecule has 0 bridgehead atoms. The van der Waals surface area contributed by atoms with E-state index < -0.39 is 12.1 Å². The minimum Gasteiger partial charge on any atom is -0.491 e. The standard InChI is InChI=1S/C17H18F2N2O3/c1-11-8-13(19)4-7-16(11)21-17(23)20-9-14(22)10-24-15-5-2-12(18)3-6-15/h2-8,14,22H,9-10H2,1H3,(H2,20,21,23). The Kier molecular flexibility index (Phi) is 6.08. The molecule has 0 radical (unpaired) electrons. The van der Waals surface area contributed by atoms with Crippen molar-refractivity contribution < 1.29 is 23.4 Å². The Morgan fingerprint density at radius 1 is 1.17 bits per heavy atom. The van der Waals surface area contributed by atoms with Crippen LogP contribution in [-0.2, 0) is 0 Å². The SMILES string of the molecule is Cc1cc(F)ccc1NC(=O)NCC(O)COc1ccc(F)cc1. The fourth-order valence-electron chi connectivity index (χ4n) is 1.93. The molecule has 1 unspecified atom stereocenters. The monoisotopic (exact) mass is 336 g/mol. The van der Waals surface area contributed by atoms with Crippen LogP contribution in [0.25, 0.3) is 0 Å². The Balaban J connectivity index is 1.73. The topological polar surface area (TPSA) is 70.6 Å². The number of anilines is 1. The molecule has 5 nitrogen and oxygen atoms in total. The van der Waals surface area contributed by atoms with Gasteiger partial charge in [0.1, 0.15) is 30.1 Å². The second-order valence-electron chi connectivity index (χ2n) is 5.21. The van der Waals surface area contributed by atoms with Gasteiger partial charge < -0.3 is 20.5 Å². The Hall–Kier alpha value is -2.67. The lowest BCUT2D eigenvalue weighted by atomic mass is 10.2. The van der Waals surface area contributed by atoms with E-state index in [-0.39, 0.29) is 24.8 Å². The molecule has 0 spiro atoms. The first-order valence-electron chi connectivity index (χ1n) is 7.31. The molecule has 0 saturated carbocycles. The Bertz CT molecular complexity index is 693. The molecule has 0 fully saturated rings. The highest BCUT2D eigenvalue weighted by Gasteiger charge is 2.09. The number of aryl methyl sites for hydroxylation is 1. The predicted octanol–water partition coefficient (Wildman–Crippen LogP) is 2.83. The summed E-state index contributed by atoms with van der Waals surface area (Å²) >= 11 is 0. The van der Waals surface area contributed by atoms with Crippen molar-refractivity contribution in [3.8, 4) is 5.75 Å². The maximum absolute atomic E-state index is 13.0. The third-order valence-electron chi connectivity index (χ3n) is 3.19. The first-order chi connectivity index (χ1) is 11.4. The second kappa shape index (κ2) is 8.26. The summed E-state index contributed by atoms with van der Waals surface area (Å²) in [5.74, 6) is -0.342. The van der Waals surface area contributed by atoms with Gasteiger partial charge in [0.15, 0.2) is 0 Å². The summed E-state index contributed by atoms with van der Waals surface area (Å²) in [6.07, 6.45) is -0.935. The maximum atomic E-state index is 13.0. The Labute approximate surface area is 138 Å². The predicted molar refractivity (Wildman–Crippen MR) is 86.1 cm³/mol. The van der Waals surface area contributed by atoms with Gasteiger partial charge in [0, 0.05) is 12.2 Å². The van der Waals surface area contributed by atoms with Gasteiger partial charge >= 0.3 is 6.03 Å². The molecular formula is C17H18F2N2O3. The number of nitrogens with one attached hydrogen (secondary N) is 2. The fourth-order valence-corrected chi connectivity index (χ4v) is 1.93. The molecule has 0 heterocycles. The Morgan fingerprint density at radius 3 is 2.50 bits per heavy atom. The number of aliphatic hydroxyl groups is 1. The smallest absolute Gasteiger partial charge is 0.319 e. The molecule has 2 aromatic carbocycles. The molecule has 2 aromatic rings. The van der Waals surface area contributed by atoms with Crippen molar-refractivity contribution in [2.75, 3.05) is 18.5 Å². The van der Waals surface area contributed by atoms with Gasteiger partial charge in [-0.25, -0.2) is 13.6 Å². The van der Waals surface area contributed by atoms with Crippen molar-refractivity contribution in [2.45, 2.75) is 13.0 Å². The van der Waals surface area contributed by atoms with Crippen molar-refractivity contribution in [1.82, 2.24) is 5.32 Å². The van der Waals surface area contributed by atoms with E-state index in [4.69, 9.17) is 4.74 Å². The molecule has 0 saturated heterocycles. The van der Waals surface area contributed by atoms with Gasteiger partial charge in [-0.05, 0) is 55.0 Å². The zero-order valence-corrected chi connectivity index (χ0v) is 13.1. The molecule has 1 atom stereocenters. The third-order valence-corrected chi connectivity index (χ3v) is 3.19. The number of carbonyl (C=O) groups excluding carboxylic acids is 1. The number of ether oxygens (including phenoxy) is 1. The number of amides is 2. The molecule has 0 aliphatic carbocycles. The second-order valence-corrected chi connectivity index (χ2v) is 5.21. The van der Waals surface area contributed by atoms with Crippen molar-refractivity contribution in [1.29, 1.82) is 0 Å². The van der Waals surface area contributed by atoms with E-state index in [1.54, 1.807) is 6.92 Å². The van der Waals surface area contributed by atoms with Gasteiger partial charge in [-0.15, -0.1) is 0 Å². The van der Waals surface area contributed by atoms with E-state index in [2.05, 4.69) is 10.6 Å². The van der Waals surface area contributed by atoms with Crippen molar-refractivity contribution in [3.63, 3.8) is 0 Å². The minimum absolute atomic E-state index is 0.0345. The van der Waals surface area contributed by atoms with Crippen LogP contribution in [0.15, 0.2) is 42.5 Å². The van der Waals surface area contributed by atoms with Gasteiger partial charge in [0.2, 0.25) is 0 Å². The van der Waals surface area contributed by atoms with Crippen LogP contribution < -0.4 is 15.4 Å². The lowest BCUT2D eigenvalue weighted by Gasteiger charge is -2.14. The number of halogens is 2. The molecule has 2 rings (SSSR count).